The summed E-state index contributed by atoms with van der Waals surface area (Å²) in [5.74, 6) is 0.778. The summed E-state index contributed by atoms with van der Waals surface area (Å²) in [7, 11) is 0. The van der Waals surface area contributed by atoms with Gasteiger partial charge in [0.2, 0.25) is 0 Å². The molecule has 0 aliphatic heterocycles. The molecule has 0 spiro atoms. The van der Waals surface area contributed by atoms with Gasteiger partial charge < -0.3 is 10.6 Å². The van der Waals surface area contributed by atoms with E-state index >= 15 is 0 Å². The Morgan fingerprint density at radius 1 is 0.757 bits per heavy atom. The third-order valence-electron chi connectivity index (χ3n) is 5.73. The molecule has 0 saturated carbocycles. The van der Waals surface area contributed by atoms with E-state index in [1.807, 2.05) is 30.3 Å². The number of carbonyl (C=O) groups is 2. The van der Waals surface area contributed by atoms with Crippen LogP contribution in [0.4, 0.5) is 0 Å². The van der Waals surface area contributed by atoms with E-state index in [-0.39, 0.29) is 24.4 Å². The summed E-state index contributed by atoms with van der Waals surface area (Å²) in [6, 6.07) is 16.4. The molecular formula is C27H24N8O2. The van der Waals surface area contributed by atoms with Crippen LogP contribution in [-0.2, 0) is 6.42 Å². The molecule has 4 aromatic heterocycles. The minimum absolute atomic E-state index is 0.239. The van der Waals surface area contributed by atoms with Crippen molar-refractivity contribution in [3.05, 3.63) is 121 Å². The molecule has 4 heterocycles. The Hall–Kier alpha value is -5.12. The standard InChI is InChI=1S/C27H24N8O2/c36-26(21-6-8-24(30-15-21)34-12-10-28-18-34)32-17-23(14-20-4-2-1-3-5-20)33-27(37)22-7-9-25(31-16-22)35-13-11-29-19-35/h1-13,15-16,18-19,23H,14,17H2,(H,32,36)(H,33,37)/t23-/m1/s1. The minimum Gasteiger partial charge on any atom is -0.350 e. The van der Waals surface area contributed by atoms with Crippen molar-refractivity contribution >= 4 is 11.8 Å². The van der Waals surface area contributed by atoms with Crippen LogP contribution in [0.3, 0.4) is 0 Å². The van der Waals surface area contributed by atoms with Crippen molar-refractivity contribution in [1.82, 2.24) is 39.7 Å². The topological polar surface area (TPSA) is 120 Å². The molecule has 0 aliphatic rings. The van der Waals surface area contributed by atoms with Crippen molar-refractivity contribution < 1.29 is 9.59 Å². The van der Waals surface area contributed by atoms with Gasteiger partial charge in [-0.25, -0.2) is 19.9 Å². The summed E-state index contributed by atoms with van der Waals surface area (Å²) in [5, 5.41) is 5.95. The maximum absolute atomic E-state index is 13.0. The molecule has 5 rings (SSSR count). The second kappa shape index (κ2) is 11.1. The summed E-state index contributed by atoms with van der Waals surface area (Å²) in [5.41, 5.74) is 1.89. The SMILES string of the molecule is O=C(NC[C@@H](Cc1ccccc1)NC(=O)c1ccc(-n2ccnc2)nc1)c1ccc(-n2ccnc2)nc1. The van der Waals surface area contributed by atoms with Crippen molar-refractivity contribution in [3.8, 4) is 11.6 Å². The lowest BCUT2D eigenvalue weighted by Crippen LogP contribution is -2.45. The molecule has 10 nitrogen and oxygen atoms in total. The lowest BCUT2D eigenvalue weighted by atomic mass is 10.1. The van der Waals surface area contributed by atoms with Crippen LogP contribution in [0, 0.1) is 0 Å². The zero-order valence-corrected chi connectivity index (χ0v) is 19.8. The Kier molecular flexibility index (Phi) is 7.07. The van der Waals surface area contributed by atoms with Gasteiger partial charge in [-0.3, -0.25) is 18.7 Å². The molecule has 1 aromatic carbocycles. The maximum atomic E-state index is 13.0. The van der Waals surface area contributed by atoms with E-state index in [2.05, 4.69) is 30.6 Å². The van der Waals surface area contributed by atoms with Crippen molar-refractivity contribution in [3.63, 3.8) is 0 Å². The fraction of sp³-hybridized carbons (Fsp3) is 0.111. The van der Waals surface area contributed by atoms with Crippen LogP contribution in [0.15, 0.2) is 104 Å². The number of benzene rings is 1. The van der Waals surface area contributed by atoms with Gasteiger partial charge in [-0.2, -0.15) is 0 Å². The summed E-state index contributed by atoms with van der Waals surface area (Å²) < 4.78 is 3.51. The van der Waals surface area contributed by atoms with Gasteiger partial charge in [-0.1, -0.05) is 30.3 Å². The zero-order chi connectivity index (χ0) is 25.5. The molecule has 0 unspecified atom stereocenters. The van der Waals surface area contributed by atoms with Crippen LogP contribution < -0.4 is 10.6 Å². The summed E-state index contributed by atoms with van der Waals surface area (Å²) >= 11 is 0. The van der Waals surface area contributed by atoms with Crippen molar-refractivity contribution in [1.29, 1.82) is 0 Å². The van der Waals surface area contributed by atoms with Crippen molar-refractivity contribution in [2.75, 3.05) is 6.54 Å². The Morgan fingerprint density at radius 2 is 1.35 bits per heavy atom. The fourth-order valence-corrected chi connectivity index (χ4v) is 3.80. The third kappa shape index (κ3) is 5.93. The highest BCUT2D eigenvalue weighted by atomic mass is 16.2. The average Bonchev–Trinajstić information content (AvgIpc) is 3.68. The molecule has 0 radical (unpaired) electrons. The predicted octanol–water partition coefficient (Wildman–Crippen LogP) is 2.62. The van der Waals surface area contributed by atoms with Crippen molar-refractivity contribution in [2.24, 2.45) is 0 Å². The number of hydrogen-bond acceptors (Lipinski definition) is 6. The lowest BCUT2D eigenvalue weighted by molar-refractivity contribution is 0.0908. The number of nitrogens with one attached hydrogen (secondary N) is 2. The first-order chi connectivity index (χ1) is 18.2. The van der Waals surface area contributed by atoms with Crippen LogP contribution in [0.25, 0.3) is 11.6 Å². The second-order valence-corrected chi connectivity index (χ2v) is 8.32. The van der Waals surface area contributed by atoms with E-state index in [1.54, 1.807) is 70.8 Å². The first-order valence-corrected chi connectivity index (χ1v) is 11.7. The van der Waals surface area contributed by atoms with Gasteiger partial charge in [-0.05, 0) is 36.2 Å². The quantitative estimate of drug-likeness (QED) is 0.326. The van der Waals surface area contributed by atoms with Crippen LogP contribution in [0.2, 0.25) is 0 Å². The maximum Gasteiger partial charge on any atom is 0.253 e. The van der Waals surface area contributed by atoms with Gasteiger partial charge >= 0.3 is 0 Å². The summed E-state index contributed by atoms with van der Waals surface area (Å²) in [4.78, 5) is 42.5. The number of rotatable bonds is 9. The molecule has 0 fully saturated rings. The average molecular weight is 493 g/mol. The van der Waals surface area contributed by atoms with E-state index in [0.29, 0.717) is 29.2 Å². The van der Waals surface area contributed by atoms with Crippen LogP contribution in [-0.4, -0.2) is 53.5 Å². The van der Waals surface area contributed by atoms with Gasteiger partial charge in [0.25, 0.3) is 11.8 Å². The smallest absolute Gasteiger partial charge is 0.253 e. The van der Waals surface area contributed by atoms with Gasteiger partial charge in [0, 0.05) is 43.7 Å². The highest BCUT2D eigenvalue weighted by molar-refractivity contribution is 5.95. The Balaban J connectivity index is 1.25. The molecule has 1 atom stereocenters. The zero-order valence-electron chi connectivity index (χ0n) is 19.8. The number of imidazole rings is 2. The Morgan fingerprint density at radius 3 is 1.86 bits per heavy atom. The molecule has 0 aliphatic carbocycles. The molecule has 2 N–H and O–H groups in total. The second-order valence-electron chi connectivity index (χ2n) is 8.32. The minimum atomic E-state index is -0.342. The first-order valence-electron chi connectivity index (χ1n) is 11.7. The highest BCUT2D eigenvalue weighted by Gasteiger charge is 2.17. The van der Waals surface area contributed by atoms with Gasteiger partial charge in [0.05, 0.1) is 17.2 Å². The van der Waals surface area contributed by atoms with E-state index < -0.39 is 0 Å². The van der Waals surface area contributed by atoms with Crippen LogP contribution >= 0.6 is 0 Å². The molecule has 184 valence electrons. The molecule has 2 amide bonds. The molecule has 10 heteroatoms. The number of nitrogens with zero attached hydrogens (tertiary/aromatic N) is 6. The predicted molar refractivity (Wildman–Crippen MR) is 136 cm³/mol. The Bertz CT molecular complexity index is 1430. The summed E-state index contributed by atoms with van der Waals surface area (Å²) in [6.07, 6.45) is 13.7. The molecular weight excluding hydrogens is 468 g/mol. The number of pyridine rings is 2. The summed E-state index contributed by atoms with van der Waals surface area (Å²) in [6.45, 7) is 0.239. The number of carbonyl (C=O) groups excluding carboxylic acids is 2. The molecule has 37 heavy (non-hydrogen) atoms. The Labute approximate surface area is 213 Å². The molecule has 0 saturated heterocycles. The molecule has 0 bridgehead atoms. The lowest BCUT2D eigenvalue weighted by Gasteiger charge is -2.20. The number of hydrogen-bond donors (Lipinski definition) is 2. The highest BCUT2D eigenvalue weighted by Crippen LogP contribution is 2.09. The fourth-order valence-electron chi connectivity index (χ4n) is 3.80. The van der Waals surface area contributed by atoms with E-state index in [4.69, 9.17) is 0 Å². The van der Waals surface area contributed by atoms with Crippen molar-refractivity contribution in [2.45, 2.75) is 12.5 Å². The van der Waals surface area contributed by atoms with Gasteiger partial charge in [0.1, 0.15) is 24.3 Å². The van der Waals surface area contributed by atoms with Crippen LogP contribution in [0.1, 0.15) is 26.3 Å². The molecule has 5 aromatic rings. The largest absolute Gasteiger partial charge is 0.350 e. The normalized spacial score (nSPS) is 11.6. The van der Waals surface area contributed by atoms with E-state index in [0.717, 1.165) is 5.56 Å². The first kappa shape index (κ1) is 23.6. The van der Waals surface area contributed by atoms with E-state index in [9.17, 15) is 9.59 Å². The van der Waals surface area contributed by atoms with Crippen LogP contribution in [0.5, 0.6) is 0 Å². The number of amides is 2. The van der Waals surface area contributed by atoms with E-state index in [1.165, 1.54) is 12.4 Å². The monoisotopic (exact) mass is 492 g/mol. The van der Waals surface area contributed by atoms with Gasteiger partial charge in [-0.15, -0.1) is 0 Å². The third-order valence-corrected chi connectivity index (χ3v) is 5.73. The number of aromatic nitrogens is 6. The van der Waals surface area contributed by atoms with Gasteiger partial charge in [0.15, 0.2) is 0 Å².